The van der Waals surface area contributed by atoms with E-state index in [9.17, 15) is 9.18 Å². The first kappa shape index (κ1) is 22.7. The summed E-state index contributed by atoms with van der Waals surface area (Å²) in [5.74, 6) is -0.172. The van der Waals surface area contributed by atoms with Gasteiger partial charge in [0.15, 0.2) is 11.0 Å². The summed E-state index contributed by atoms with van der Waals surface area (Å²) >= 11 is 7.18. The highest BCUT2D eigenvalue weighted by Crippen LogP contribution is 2.28. The maximum Gasteiger partial charge on any atom is 0.250 e. The van der Waals surface area contributed by atoms with E-state index in [2.05, 4.69) is 20.7 Å². The minimum absolute atomic E-state index is 0.0428. The van der Waals surface area contributed by atoms with Crippen molar-refractivity contribution in [2.75, 3.05) is 5.75 Å². The van der Waals surface area contributed by atoms with E-state index < -0.39 is 5.82 Å². The van der Waals surface area contributed by atoms with Crippen LogP contribution in [-0.4, -0.2) is 32.6 Å². The number of halogens is 2. The average molecular weight is 480 g/mol. The maximum absolute atomic E-state index is 13.8. The molecule has 0 saturated carbocycles. The highest BCUT2D eigenvalue weighted by Gasteiger charge is 2.17. The highest BCUT2D eigenvalue weighted by molar-refractivity contribution is 7.99. The zero-order chi connectivity index (χ0) is 23.2. The van der Waals surface area contributed by atoms with Crippen LogP contribution in [0.3, 0.4) is 0 Å². The molecule has 6 nitrogen and oxygen atoms in total. The van der Waals surface area contributed by atoms with Crippen molar-refractivity contribution in [3.63, 3.8) is 0 Å². The predicted octanol–water partition coefficient (Wildman–Crippen LogP) is 5.28. The van der Waals surface area contributed by atoms with Crippen molar-refractivity contribution in [3.8, 4) is 17.1 Å². The molecule has 0 bridgehead atoms. The van der Waals surface area contributed by atoms with E-state index in [-0.39, 0.29) is 22.2 Å². The first-order chi connectivity index (χ1) is 16.0. The monoisotopic (exact) mass is 479 g/mol. The number of rotatable bonds is 7. The van der Waals surface area contributed by atoms with E-state index in [1.807, 2.05) is 66.1 Å². The highest BCUT2D eigenvalue weighted by atomic mass is 35.5. The molecule has 4 rings (SSSR count). The van der Waals surface area contributed by atoms with Gasteiger partial charge in [-0.2, -0.15) is 5.10 Å². The van der Waals surface area contributed by atoms with E-state index in [1.54, 1.807) is 6.07 Å². The molecule has 0 aliphatic heterocycles. The van der Waals surface area contributed by atoms with Gasteiger partial charge in [0.1, 0.15) is 5.82 Å². The molecule has 0 unspecified atom stereocenters. The second kappa shape index (κ2) is 10.4. The summed E-state index contributed by atoms with van der Waals surface area (Å²) in [4.78, 5) is 12.3. The molecule has 1 amide bonds. The summed E-state index contributed by atoms with van der Waals surface area (Å²) in [5, 5.41) is 13.3. The van der Waals surface area contributed by atoms with Crippen molar-refractivity contribution in [1.82, 2.24) is 20.2 Å². The molecule has 0 radical (unpaired) electrons. The number of hydrogen-bond acceptors (Lipinski definition) is 5. The molecule has 166 valence electrons. The van der Waals surface area contributed by atoms with E-state index in [0.717, 1.165) is 16.8 Å². The summed E-state index contributed by atoms with van der Waals surface area (Å²) < 4.78 is 15.7. The Morgan fingerprint density at radius 2 is 1.85 bits per heavy atom. The Balaban J connectivity index is 1.51. The van der Waals surface area contributed by atoms with Gasteiger partial charge < -0.3 is 0 Å². The SMILES string of the molecule is Cc1ccc(-n2c(SCC(=O)NN=Cc3c(F)cccc3Cl)nnc2-c2ccccc2)cc1. The fraction of sp³-hybridized carbons (Fsp3) is 0.0833. The third kappa shape index (κ3) is 5.47. The van der Waals surface area contributed by atoms with Crippen molar-refractivity contribution >= 4 is 35.5 Å². The van der Waals surface area contributed by atoms with Crippen LogP contribution in [0.1, 0.15) is 11.1 Å². The quantitative estimate of drug-likeness (QED) is 0.222. The van der Waals surface area contributed by atoms with Gasteiger partial charge in [-0.3, -0.25) is 9.36 Å². The number of nitrogens with one attached hydrogen (secondary N) is 1. The van der Waals surface area contributed by atoms with Crippen LogP contribution >= 0.6 is 23.4 Å². The number of amides is 1. The lowest BCUT2D eigenvalue weighted by Gasteiger charge is -2.10. The van der Waals surface area contributed by atoms with Crippen LogP contribution in [0.5, 0.6) is 0 Å². The molecule has 9 heteroatoms. The number of carbonyl (C=O) groups excluding carboxylic acids is 1. The van der Waals surface area contributed by atoms with Gasteiger partial charge in [-0.25, -0.2) is 9.82 Å². The van der Waals surface area contributed by atoms with Gasteiger partial charge in [0.25, 0.3) is 5.91 Å². The number of nitrogens with zero attached hydrogens (tertiary/aromatic N) is 4. The van der Waals surface area contributed by atoms with Crippen LogP contribution < -0.4 is 5.43 Å². The molecule has 4 aromatic rings. The first-order valence-corrected chi connectivity index (χ1v) is 11.4. The second-order valence-corrected chi connectivity index (χ2v) is 8.41. The lowest BCUT2D eigenvalue weighted by molar-refractivity contribution is -0.118. The van der Waals surface area contributed by atoms with Crippen LogP contribution in [0.15, 0.2) is 83.1 Å². The fourth-order valence-electron chi connectivity index (χ4n) is 3.03. The molecular weight excluding hydrogens is 461 g/mol. The summed E-state index contributed by atoms with van der Waals surface area (Å²) in [6, 6.07) is 22.0. The van der Waals surface area contributed by atoms with E-state index in [1.165, 1.54) is 30.1 Å². The lowest BCUT2D eigenvalue weighted by atomic mass is 10.2. The molecule has 0 spiro atoms. The molecule has 1 N–H and O–H groups in total. The van der Waals surface area contributed by atoms with Gasteiger partial charge in [0, 0.05) is 16.8 Å². The topological polar surface area (TPSA) is 72.2 Å². The van der Waals surface area contributed by atoms with E-state index in [4.69, 9.17) is 11.6 Å². The number of carbonyl (C=O) groups is 1. The number of aryl methyl sites for hydroxylation is 1. The zero-order valence-electron chi connectivity index (χ0n) is 17.6. The van der Waals surface area contributed by atoms with Crippen molar-refractivity contribution in [3.05, 3.63) is 94.8 Å². The Labute approximate surface area is 199 Å². The van der Waals surface area contributed by atoms with Gasteiger partial charge in [-0.1, -0.05) is 77.5 Å². The van der Waals surface area contributed by atoms with Crippen LogP contribution in [0.2, 0.25) is 5.02 Å². The minimum atomic E-state index is -0.519. The Hall–Kier alpha value is -3.49. The van der Waals surface area contributed by atoms with Gasteiger partial charge in [-0.15, -0.1) is 10.2 Å². The Bertz CT molecular complexity index is 1270. The van der Waals surface area contributed by atoms with Crippen molar-refractivity contribution in [2.24, 2.45) is 5.10 Å². The summed E-state index contributed by atoms with van der Waals surface area (Å²) in [6.45, 7) is 2.02. The van der Waals surface area contributed by atoms with E-state index >= 15 is 0 Å². The second-order valence-electron chi connectivity index (χ2n) is 7.06. The smallest absolute Gasteiger partial charge is 0.250 e. The predicted molar refractivity (Wildman–Crippen MR) is 129 cm³/mol. The van der Waals surface area contributed by atoms with E-state index in [0.29, 0.717) is 11.0 Å². The molecular formula is C24H19ClFN5OS. The first-order valence-electron chi connectivity index (χ1n) is 9.99. The van der Waals surface area contributed by atoms with Gasteiger partial charge in [0.2, 0.25) is 0 Å². The Morgan fingerprint density at radius 1 is 1.09 bits per heavy atom. The number of hydrogen-bond donors (Lipinski definition) is 1. The molecule has 0 aliphatic rings. The summed E-state index contributed by atoms with van der Waals surface area (Å²) in [7, 11) is 0. The van der Waals surface area contributed by atoms with Gasteiger partial charge >= 0.3 is 0 Å². The summed E-state index contributed by atoms with van der Waals surface area (Å²) in [6.07, 6.45) is 1.18. The number of hydrazone groups is 1. The van der Waals surface area contributed by atoms with Crippen molar-refractivity contribution < 1.29 is 9.18 Å². The largest absolute Gasteiger partial charge is 0.272 e. The summed E-state index contributed by atoms with van der Waals surface area (Å²) in [5.41, 5.74) is 5.43. The molecule has 0 atom stereocenters. The normalized spacial score (nSPS) is 11.1. The lowest BCUT2D eigenvalue weighted by Crippen LogP contribution is -2.20. The van der Waals surface area contributed by atoms with Crippen molar-refractivity contribution in [1.29, 1.82) is 0 Å². The fourth-order valence-corrected chi connectivity index (χ4v) is 3.99. The minimum Gasteiger partial charge on any atom is -0.272 e. The molecule has 1 heterocycles. The average Bonchev–Trinajstić information content (AvgIpc) is 3.25. The van der Waals surface area contributed by atoms with Gasteiger partial charge in [-0.05, 0) is 31.2 Å². The van der Waals surface area contributed by atoms with Crippen LogP contribution in [0, 0.1) is 12.7 Å². The van der Waals surface area contributed by atoms with Crippen molar-refractivity contribution in [2.45, 2.75) is 12.1 Å². The third-order valence-corrected chi connectivity index (χ3v) is 5.93. The standard InChI is InChI=1S/C24H19ClFN5OS/c1-16-10-12-18(13-11-16)31-23(17-6-3-2-4-7-17)29-30-24(31)33-15-22(32)28-27-14-19-20(25)8-5-9-21(19)26/h2-14H,15H2,1H3,(H,28,32). The van der Waals surface area contributed by atoms with Crippen LogP contribution in [0.25, 0.3) is 17.1 Å². The molecule has 0 fully saturated rings. The molecule has 0 saturated heterocycles. The zero-order valence-corrected chi connectivity index (χ0v) is 19.1. The van der Waals surface area contributed by atoms with Crippen LogP contribution in [0.4, 0.5) is 4.39 Å². The number of aromatic nitrogens is 3. The molecule has 3 aromatic carbocycles. The number of thioether (sulfide) groups is 1. The molecule has 1 aromatic heterocycles. The molecule has 33 heavy (non-hydrogen) atoms. The maximum atomic E-state index is 13.8. The Kier molecular flexibility index (Phi) is 7.16. The Morgan fingerprint density at radius 3 is 2.58 bits per heavy atom. The number of benzene rings is 3. The van der Waals surface area contributed by atoms with Crippen LogP contribution in [-0.2, 0) is 4.79 Å². The van der Waals surface area contributed by atoms with Gasteiger partial charge in [0.05, 0.1) is 17.0 Å². The third-order valence-electron chi connectivity index (χ3n) is 4.67. The molecule has 0 aliphatic carbocycles.